The monoisotopic (exact) mass is 338 g/mol. The number of carboxylic acids is 1. The number of aryl methyl sites for hydroxylation is 1. The first-order chi connectivity index (χ1) is 12.1. The summed E-state index contributed by atoms with van der Waals surface area (Å²) in [6.07, 6.45) is 7.67. The SMILES string of the molecule is CC[C@@H](Nc1nccc(-c2cc(C(=O)O)ccn2)n1)c1cnn(C)c1. The van der Waals surface area contributed by atoms with Crippen molar-refractivity contribution in [2.75, 3.05) is 5.32 Å². The minimum atomic E-state index is -1.00. The molecule has 0 amide bonds. The Balaban J connectivity index is 1.86. The molecule has 0 unspecified atom stereocenters. The number of hydrogen-bond donors (Lipinski definition) is 2. The van der Waals surface area contributed by atoms with E-state index >= 15 is 0 Å². The van der Waals surface area contributed by atoms with Crippen molar-refractivity contribution >= 4 is 11.9 Å². The van der Waals surface area contributed by atoms with Crippen molar-refractivity contribution in [3.63, 3.8) is 0 Å². The Morgan fingerprint density at radius 3 is 2.76 bits per heavy atom. The number of aromatic carboxylic acids is 1. The molecule has 128 valence electrons. The molecule has 3 aromatic rings. The molecular weight excluding hydrogens is 320 g/mol. The van der Waals surface area contributed by atoms with Crippen LogP contribution in [-0.2, 0) is 7.05 Å². The number of aromatic nitrogens is 5. The van der Waals surface area contributed by atoms with Gasteiger partial charge in [0.25, 0.3) is 0 Å². The number of anilines is 1. The van der Waals surface area contributed by atoms with E-state index in [0.717, 1.165) is 12.0 Å². The Kier molecular flexibility index (Phi) is 4.69. The highest BCUT2D eigenvalue weighted by Gasteiger charge is 2.14. The van der Waals surface area contributed by atoms with Crippen LogP contribution in [0.4, 0.5) is 5.95 Å². The second-order valence-corrected chi connectivity index (χ2v) is 5.55. The van der Waals surface area contributed by atoms with Gasteiger partial charge in [0.05, 0.1) is 29.2 Å². The summed E-state index contributed by atoms with van der Waals surface area (Å²) in [5, 5.41) is 16.6. The molecule has 0 aliphatic carbocycles. The zero-order chi connectivity index (χ0) is 17.8. The number of pyridine rings is 1. The summed E-state index contributed by atoms with van der Waals surface area (Å²) in [6.45, 7) is 2.06. The van der Waals surface area contributed by atoms with Gasteiger partial charge in [-0.3, -0.25) is 9.67 Å². The van der Waals surface area contributed by atoms with Crippen molar-refractivity contribution in [3.8, 4) is 11.4 Å². The van der Waals surface area contributed by atoms with Crippen molar-refractivity contribution in [2.45, 2.75) is 19.4 Å². The second kappa shape index (κ2) is 7.08. The van der Waals surface area contributed by atoms with E-state index < -0.39 is 5.97 Å². The van der Waals surface area contributed by atoms with Crippen LogP contribution >= 0.6 is 0 Å². The average Bonchev–Trinajstić information content (AvgIpc) is 3.06. The van der Waals surface area contributed by atoms with Crippen molar-refractivity contribution in [2.24, 2.45) is 7.05 Å². The van der Waals surface area contributed by atoms with Crippen molar-refractivity contribution in [1.82, 2.24) is 24.7 Å². The molecule has 0 bridgehead atoms. The molecule has 0 saturated carbocycles. The minimum Gasteiger partial charge on any atom is -0.478 e. The fraction of sp³-hybridized carbons (Fsp3) is 0.235. The third-order valence-corrected chi connectivity index (χ3v) is 3.76. The molecule has 0 spiro atoms. The van der Waals surface area contributed by atoms with Gasteiger partial charge in [0.1, 0.15) is 0 Å². The highest BCUT2D eigenvalue weighted by Crippen LogP contribution is 2.22. The molecule has 25 heavy (non-hydrogen) atoms. The summed E-state index contributed by atoms with van der Waals surface area (Å²) >= 11 is 0. The van der Waals surface area contributed by atoms with Crippen LogP contribution in [0.3, 0.4) is 0 Å². The van der Waals surface area contributed by atoms with Crippen molar-refractivity contribution < 1.29 is 9.90 Å². The Morgan fingerprint density at radius 2 is 2.08 bits per heavy atom. The predicted octanol–water partition coefficient (Wildman–Crippen LogP) is 2.53. The highest BCUT2D eigenvalue weighted by molar-refractivity contribution is 5.88. The van der Waals surface area contributed by atoms with Gasteiger partial charge in [-0.25, -0.2) is 14.8 Å². The summed E-state index contributed by atoms with van der Waals surface area (Å²) in [4.78, 5) is 24.0. The Labute approximate surface area is 144 Å². The summed E-state index contributed by atoms with van der Waals surface area (Å²) in [5.74, 6) is -0.547. The van der Waals surface area contributed by atoms with E-state index in [0.29, 0.717) is 17.3 Å². The van der Waals surface area contributed by atoms with Crippen LogP contribution < -0.4 is 5.32 Å². The number of carbonyl (C=O) groups is 1. The molecule has 3 aromatic heterocycles. The van der Waals surface area contributed by atoms with Crippen LogP contribution in [0.25, 0.3) is 11.4 Å². The lowest BCUT2D eigenvalue weighted by Crippen LogP contribution is -2.11. The van der Waals surface area contributed by atoms with Crippen molar-refractivity contribution in [1.29, 1.82) is 0 Å². The van der Waals surface area contributed by atoms with Gasteiger partial charge in [-0.05, 0) is 24.6 Å². The van der Waals surface area contributed by atoms with Gasteiger partial charge in [-0.1, -0.05) is 6.92 Å². The Bertz CT molecular complexity index is 892. The molecule has 1 atom stereocenters. The summed E-state index contributed by atoms with van der Waals surface area (Å²) in [6, 6.07) is 4.67. The van der Waals surface area contributed by atoms with Gasteiger partial charge >= 0.3 is 5.97 Å². The minimum absolute atomic E-state index is 0.0299. The first kappa shape index (κ1) is 16.6. The molecule has 3 rings (SSSR count). The van der Waals surface area contributed by atoms with Gasteiger partial charge < -0.3 is 10.4 Å². The maximum atomic E-state index is 11.1. The van der Waals surface area contributed by atoms with Crippen molar-refractivity contribution in [3.05, 3.63) is 54.1 Å². The zero-order valence-corrected chi connectivity index (χ0v) is 13.9. The Hall–Kier alpha value is -3.29. The number of nitrogens with one attached hydrogen (secondary N) is 1. The maximum Gasteiger partial charge on any atom is 0.335 e. The van der Waals surface area contributed by atoms with Crippen LogP contribution in [0, 0.1) is 0 Å². The lowest BCUT2D eigenvalue weighted by Gasteiger charge is -2.15. The smallest absolute Gasteiger partial charge is 0.335 e. The van der Waals surface area contributed by atoms with E-state index in [1.807, 2.05) is 19.4 Å². The number of hydrogen-bond acceptors (Lipinski definition) is 6. The number of nitrogens with zero attached hydrogens (tertiary/aromatic N) is 5. The maximum absolute atomic E-state index is 11.1. The lowest BCUT2D eigenvalue weighted by atomic mass is 10.1. The predicted molar refractivity (Wildman–Crippen MR) is 92.1 cm³/mol. The van der Waals surface area contributed by atoms with E-state index in [1.54, 1.807) is 16.9 Å². The van der Waals surface area contributed by atoms with E-state index in [2.05, 4.69) is 32.3 Å². The van der Waals surface area contributed by atoms with Gasteiger partial charge in [0, 0.05) is 31.2 Å². The number of rotatable bonds is 6. The summed E-state index contributed by atoms with van der Waals surface area (Å²) in [7, 11) is 1.87. The van der Waals surface area contributed by atoms with Crippen LogP contribution in [0.1, 0.15) is 35.3 Å². The second-order valence-electron chi connectivity index (χ2n) is 5.55. The fourth-order valence-corrected chi connectivity index (χ4v) is 2.47. The molecule has 8 nitrogen and oxygen atoms in total. The highest BCUT2D eigenvalue weighted by atomic mass is 16.4. The van der Waals surface area contributed by atoms with E-state index in [1.165, 1.54) is 18.3 Å². The molecule has 0 radical (unpaired) electrons. The molecule has 0 saturated heterocycles. The van der Waals surface area contributed by atoms with E-state index in [9.17, 15) is 4.79 Å². The Morgan fingerprint density at radius 1 is 1.28 bits per heavy atom. The summed E-state index contributed by atoms with van der Waals surface area (Å²) in [5.41, 5.74) is 2.26. The van der Waals surface area contributed by atoms with Crippen LogP contribution in [0.15, 0.2) is 43.0 Å². The quantitative estimate of drug-likeness (QED) is 0.711. The molecule has 2 N–H and O–H groups in total. The largest absolute Gasteiger partial charge is 0.478 e. The standard InChI is InChI=1S/C17H18N6O2/c1-3-13(12-9-20-23(2)10-12)21-17-19-7-5-14(22-17)15-8-11(16(24)25)4-6-18-15/h4-10,13H,3H2,1-2H3,(H,24,25)(H,19,21,22)/t13-/m1/s1. The number of carboxylic acid groups (broad SMARTS) is 1. The molecule has 3 heterocycles. The fourth-order valence-electron chi connectivity index (χ4n) is 2.47. The van der Waals surface area contributed by atoms with E-state index in [4.69, 9.17) is 5.11 Å². The molecule has 0 fully saturated rings. The summed E-state index contributed by atoms with van der Waals surface area (Å²) < 4.78 is 1.75. The lowest BCUT2D eigenvalue weighted by molar-refractivity contribution is 0.0697. The van der Waals surface area contributed by atoms with Gasteiger partial charge in [0.2, 0.25) is 5.95 Å². The first-order valence-corrected chi connectivity index (χ1v) is 7.84. The molecular formula is C17H18N6O2. The molecule has 0 aliphatic rings. The average molecular weight is 338 g/mol. The molecule has 8 heteroatoms. The normalized spacial score (nSPS) is 11.9. The molecule has 0 aliphatic heterocycles. The van der Waals surface area contributed by atoms with Gasteiger partial charge in [0.15, 0.2) is 0 Å². The third-order valence-electron chi connectivity index (χ3n) is 3.76. The first-order valence-electron chi connectivity index (χ1n) is 7.84. The van der Waals surface area contributed by atoms with E-state index in [-0.39, 0.29) is 11.6 Å². The zero-order valence-electron chi connectivity index (χ0n) is 13.9. The topological polar surface area (TPSA) is 106 Å². The van der Waals surface area contributed by atoms with Crippen LogP contribution in [0.5, 0.6) is 0 Å². The molecule has 0 aromatic carbocycles. The van der Waals surface area contributed by atoms with Crippen LogP contribution in [-0.4, -0.2) is 35.8 Å². The van der Waals surface area contributed by atoms with Crippen LogP contribution in [0.2, 0.25) is 0 Å². The van der Waals surface area contributed by atoms with Gasteiger partial charge in [-0.15, -0.1) is 0 Å². The third kappa shape index (κ3) is 3.79. The van der Waals surface area contributed by atoms with Gasteiger partial charge in [-0.2, -0.15) is 5.10 Å².